The summed E-state index contributed by atoms with van der Waals surface area (Å²) in [4.78, 5) is 17.2. The first-order valence-electron chi connectivity index (χ1n) is 12.6. The fraction of sp³-hybridized carbons (Fsp3) is 0.640. The number of rotatable bonds is 11. The van der Waals surface area contributed by atoms with Crippen molar-refractivity contribution in [1.29, 1.82) is 0 Å². The molecule has 3 rings (SSSR count). The van der Waals surface area contributed by atoms with Crippen LogP contribution in [0.1, 0.15) is 62.6 Å². The fourth-order valence-corrected chi connectivity index (χ4v) is 6.10. The Labute approximate surface area is 230 Å². The van der Waals surface area contributed by atoms with Gasteiger partial charge in [0.1, 0.15) is 15.6 Å². The van der Waals surface area contributed by atoms with Crippen molar-refractivity contribution in [2.75, 3.05) is 12.8 Å². The summed E-state index contributed by atoms with van der Waals surface area (Å²) in [5.74, 6) is -0.803. The number of sulfone groups is 1. The summed E-state index contributed by atoms with van der Waals surface area (Å²) in [6.07, 6.45) is 1.93. The fourth-order valence-electron chi connectivity index (χ4n) is 4.65. The van der Waals surface area contributed by atoms with E-state index in [2.05, 4.69) is 15.4 Å². The lowest BCUT2D eigenvalue weighted by molar-refractivity contribution is -0.0496. The molecule has 14 heteroatoms. The molecule has 0 unspecified atom stereocenters. The summed E-state index contributed by atoms with van der Waals surface area (Å²) in [6, 6.07) is 1.17. The number of nitrogens with zero attached hydrogens (tertiary/aromatic N) is 3. The van der Waals surface area contributed by atoms with E-state index in [9.17, 15) is 30.8 Å². The number of alkyl halides is 4. The zero-order chi connectivity index (χ0) is 29.1. The second kappa shape index (κ2) is 12.4. The van der Waals surface area contributed by atoms with Crippen molar-refractivity contribution in [2.45, 2.75) is 77.7 Å². The molecule has 2 heterocycles. The van der Waals surface area contributed by atoms with Crippen LogP contribution in [0.3, 0.4) is 0 Å². The van der Waals surface area contributed by atoms with Crippen molar-refractivity contribution in [3.8, 4) is 17.0 Å². The topological polar surface area (TPSA) is 103 Å². The van der Waals surface area contributed by atoms with Crippen LogP contribution in [0, 0.1) is 11.3 Å². The second-order valence-corrected chi connectivity index (χ2v) is 13.2. The number of carbonyl (C=O) groups is 1. The molecule has 0 aromatic carbocycles. The van der Waals surface area contributed by atoms with Gasteiger partial charge in [-0.15, -0.1) is 0 Å². The number of hydrogen-bond donors (Lipinski definition) is 1. The number of ether oxygens (including phenoxy) is 1. The summed E-state index contributed by atoms with van der Waals surface area (Å²) in [5.41, 5.74) is -1.28. The zero-order valence-corrected chi connectivity index (χ0v) is 23.8. The predicted octanol–water partition coefficient (Wildman–Crippen LogP) is 5.39. The van der Waals surface area contributed by atoms with E-state index >= 15 is 0 Å². The van der Waals surface area contributed by atoms with Gasteiger partial charge in [-0.2, -0.15) is 13.9 Å². The third-order valence-corrected chi connectivity index (χ3v) is 9.02. The van der Waals surface area contributed by atoms with Gasteiger partial charge in [-0.05, 0) is 38.5 Å². The Hall–Kier alpha value is -2.41. The minimum atomic E-state index is -3.21. The largest absolute Gasteiger partial charge is 0.434 e. The van der Waals surface area contributed by atoms with Crippen molar-refractivity contribution in [1.82, 2.24) is 20.1 Å². The highest BCUT2D eigenvalue weighted by Gasteiger charge is 2.32. The Bertz CT molecular complexity index is 1280. The first-order chi connectivity index (χ1) is 18.1. The van der Waals surface area contributed by atoms with Gasteiger partial charge in [-0.25, -0.2) is 17.2 Å². The average Bonchev–Trinajstić information content (AvgIpc) is 3.18. The summed E-state index contributed by atoms with van der Waals surface area (Å²) in [6.45, 7) is 1.72. The number of amides is 1. The SMILES string of the molecule is CCn1nc(C(=O)NC[C@H]2CC[C@@H](S(C)(=O)=O)CC2)c(Cl)c1-c1cnc(CC(C)(C)C(F)F)cc1OC(F)F. The predicted molar refractivity (Wildman–Crippen MR) is 139 cm³/mol. The van der Waals surface area contributed by atoms with Crippen molar-refractivity contribution < 1.29 is 35.5 Å². The van der Waals surface area contributed by atoms with E-state index in [4.69, 9.17) is 16.3 Å². The van der Waals surface area contributed by atoms with Crippen molar-refractivity contribution >= 4 is 27.3 Å². The molecule has 0 bridgehead atoms. The van der Waals surface area contributed by atoms with E-state index in [1.54, 1.807) is 6.92 Å². The van der Waals surface area contributed by atoms with E-state index in [-0.39, 0.29) is 57.6 Å². The third kappa shape index (κ3) is 7.62. The van der Waals surface area contributed by atoms with Gasteiger partial charge in [0.25, 0.3) is 5.91 Å². The molecule has 0 atom stereocenters. The van der Waals surface area contributed by atoms with Gasteiger partial charge in [0.2, 0.25) is 6.43 Å². The van der Waals surface area contributed by atoms with Gasteiger partial charge in [0, 0.05) is 49.1 Å². The molecule has 0 saturated heterocycles. The maximum Gasteiger partial charge on any atom is 0.387 e. The van der Waals surface area contributed by atoms with Crippen LogP contribution in [0.25, 0.3) is 11.3 Å². The normalized spacial score (nSPS) is 18.5. The van der Waals surface area contributed by atoms with E-state index in [0.29, 0.717) is 32.2 Å². The van der Waals surface area contributed by atoms with Crippen LogP contribution >= 0.6 is 11.6 Å². The minimum absolute atomic E-state index is 0.0337. The van der Waals surface area contributed by atoms with Crippen molar-refractivity contribution in [2.24, 2.45) is 11.3 Å². The van der Waals surface area contributed by atoms with Crippen LogP contribution in [0.2, 0.25) is 5.02 Å². The molecule has 1 aliphatic rings. The molecule has 8 nitrogen and oxygen atoms in total. The second-order valence-electron chi connectivity index (χ2n) is 10.5. The molecule has 2 aromatic rings. The lowest BCUT2D eigenvalue weighted by Gasteiger charge is -2.27. The summed E-state index contributed by atoms with van der Waals surface area (Å²) < 4.78 is 82.9. The molecule has 1 amide bonds. The molecule has 1 N–H and O–H groups in total. The van der Waals surface area contributed by atoms with Gasteiger partial charge in [-0.3, -0.25) is 14.5 Å². The van der Waals surface area contributed by atoms with Crippen LogP contribution in [0.5, 0.6) is 5.75 Å². The monoisotopic (exact) mass is 596 g/mol. The van der Waals surface area contributed by atoms with E-state index in [1.807, 2.05) is 0 Å². The highest BCUT2D eigenvalue weighted by molar-refractivity contribution is 7.91. The first kappa shape index (κ1) is 31.1. The van der Waals surface area contributed by atoms with Gasteiger partial charge < -0.3 is 10.1 Å². The van der Waals surface area contributed by atoms with E-state index < -0.39 is 34.2 Å². The third-order valence-electron chi connectivity index (χ3n) is 6.98. The van der Waals surface area contributed by atoms with E-state index in [0.717, 1.165) is 0 Å². The average molecular weight is 597 g/mol. The Morgan fingerprint density at radius 3 is 2.41 bits per heavy atom. The maximum absolute atomic E-state index is 13.4. The highest BCUT2D eigenvalue weighted by atomic mass is 35.5. The van der Waals surface area contributed by atoms with Crippen LogP contribution in [0.15, 0.2) is 12.3 Å². The molecule has 1 fully saturated rings. The van der Waals surface area contributed by atoms with Crippen molar-refractivity contribution in [3.05, 3.63) is 28.7 Å². The smallest absolute Gasteiger partial charge is 0.387 e. The van der Waals surface area contributed by atoms with Crippen LogP contribution < -0.4 is 10.1 Å². The van der Waals surface area contributed by atoms with E-state index in [1.165, 1.54) is 37.0 Å². The van der Waals surface area contributed by atoms with Gasteiger partial charge >= 0.3 is 6.61 Å². The van der Waals surface area contributed by atoms with Crippen LogP contribution in [-0.4, -0.2) is 60.2 Å². The maximum atomic E-state index is 13.4. The number of aryl methyl sites for hydroxylation is 1. The quantitative estimate of drug-likeness (QED) is 0.349. The number of aromatic nitrogens is 3. The Morgan fingerprint density at radius 2 is 1.87 bits per heavy atom. The number of hydrogen-bond acceptors (Lipinski definition) is 6. The molecule has 0 radical (unpaired) electrons. The first-order valence-corrected chi connectivity index (χ1v) is 14.9. The number of carbonyl (C=O) groups excluding carboxylic acids is 1. The molecular weight excluding hydrogens is 564 g/mol. The lowest BCUT2D eigenvalue weighted by atomic mass is 9.88. The van der Waals surface area contributed by atoms with Crippen LogP contribution in [-0.2, 0) is 22.8 Å². The number of nitrogens with one attached hydrogen (secondary N) is 1. The molecule has 2 aromatic heterocycles. The zero-order valence-electron chi connectivity index (χ0n) is 22.2. The molecule has 0 spiro atoms. The summed E-state index contributed by atoms with van der Waals surface area (Å²) >= 11 is 6.54. The van der Waals surface area contributed by atoms with Gasteiger partial charge in [0.05, 0.1) is 21.5 Å². The van der Waals surface area contributed by atoms with Crippen molar-refractivity contribution in [3.63, 3.8) is 0 Å². The minimum Gasteiger partial charge on any atom is -0.434 e. The molecule has 218 valence electrons. The lowest BCUT2D eigenvalue weighted by Crippen LogP contribution is -2.34. The highest BCUT2D eigenvalue weighted by Crippen LogP contribution is 2.39. The van der Waals surface area contributed by atoms with Gasteiger partial charge in [-0.1, -0.05) is 25.4 Å². The van der Waals surface area contributed by atoms with Gasteiger partial charge in [0.15, 0.2) is 5.69 Å². The standard InChI is InChI=1S/C25H33ClF4N4O4S/c1-5-34-21(17-13-31-15(10-18(17)38-24(29)30)11-25(2,3)23(27)28)19(26)20(33-34)22(35)32-12-14-6-8-16(9-7-14)39(4,36)37/h10,13-14,16,23-24H,5-9,11-12H2,1-4H3,(H,32,35)/t14-,16+. The molecule has 1 aliphatic carbocycles. The Balaban J connectivity index is 1.85. The summed E-state index contributed by atoms with van der Waals surface area (Å²) in [7, 11) is -3.10. The molecular formula is C25H33ClF4N4O4S. The Kier molecular flexibility index (Phi) is 9.90. The van der Waals surface area contributed by atoms with Crippen LogP contribution in [0.4, 0.5) is 17.6 Å². The molecule has 0 aliphatic heterocycles. The summed E-state index contributed by atoms with van der Waals surface area (Å²) in [5, 5.41) is 6.58. The molecule has 39 heavy (non-hydrogen) atoms. The molecule has 1 saturated carbocycles. The Morgan fingerprint density at radius 1 is 1.23 bits per heavy atom. The number of halogens is 5. The number of pyridine rings is 1.